The molecule has 4 rings (SSSR count). The van der Waals surface area contributed by atoms with E-state index in [0.717, 1.165) is 42.5 Å². The minimum Gasteiger partial charge on any atom is -0.347 e. The van der Waals surface area contributed by atoms with E-state index in [4.69, 9.17) is 0 Å². The third-order valence-electron chi connectivity index (χ3n) is 5.52. The predicted molar refractivity (Wildman–Crippen MR) is 97.3 cm³/mol. The average Bonchev–Trinajstić information content (AvgIpc) is 2.95. The lowest BCUT2D eigenvalue weighted by Crippen LogP contribution is -2.42. The molecule has 1 aliphatic heterocycles. The second-order valence-corrected chi connectivity index (χ2v) is 7.20. The molecule has 1 fully saturated rings. The van der Waals surface area contributed by atoms with Gasteiger partial charge in [-0.25, -0.2) is 0 Å². The zero-order valence-electron chi connectivity index (χ0n) is 15.1. The molecular weight excluding hydrogens is 328 g/mol. The monoisotopic (exact) mass is 352 g/mol. The summed E-state index contributed by atoms with van der Waals surface area (Å²) < 4.78 is 1.79. The molecule has 2 aliphatic rings. The second-order valence-electron chi connectivity index (χ2n) is 7.20. The largest absolute Gasteiger partial charge is 0.347 e. The fourth-order valence-corrected chi connectivity index (χ4v) is 3.74. The third-order valence-corrected chi connectivity index (χ3v) is 5.52. The van der Waals surface area contributed by atoms with Crippen LogP contribution in [-0.4, -0.2) is 33.0 Å². The minimum atomic E-state index is -0.177. The van der Waals surface area contributed by atoms with Crippen LogP contribution in [0.25, 0.3) is 0 Å². The Labute approximate surface area is 153 Å². The molecule has 0 atom stereocenters. The van der Waals surface area contributed by atoms with E-state index in [2.05, 4.69) is 10.4 Å². The molecule has 6 heteroatoms. The fourth-order valence-electron chi connectivity index (χ4n) is 3.74. The van der Waals surface area contributed by atoms with Gasteiger partial charge in [-0.2, -0.15) is 5.10 Å². The quantitative estimate of drug-likeness (QED) is 0.916. The molecule has 0 unspecified atom stereocenters. The Morgan fingerprint density at radius 3 is 2.69 bits per heavy atom. The SMILES string of the molecule is Cn1nc(C(=O)NCc2ccccc2)c2c1CCN(C(=O)C1CCC1)C2. The first-order valence-electron chi connectivity index (χ1n) is 9.29. The molecule has 136 valence electrons. The number of nitrogens with one attached hydrogen (secondary N) is 1. The number of benzene rings is 1. The lowest BCUT2D eigenvalue weighted by molar-refractivity contribution is -0.139. The average molecular weight is 352 g/mol. The molecule has 1 aliphatic carbocycles. The standard InChI is InChI=1S/C20H24N4O2/c1-23-17-10-11-24(20(26)15-8-5-9-15)13-16(17)18(22-23)19(25)21-12-14-6-3-2-4-7-14/h2-4,6-7,15H,5,8-13H2,1H3,(H,21,25). The van der Waals surface area contributed by atoms with E-state index in [1.54, 1.807) is 4.68 Å². The summed E-state index contributed by atoms with van der Waals surface area (Å²) in [5.74, 6) is 0.244. The normalized spacial score (nSPS) is 16.7. The molecule has 6 nitrogen and oxygen atoms in total. The Morgan fingerprint density at radius 2 is 2.00 bits per heavy atom. The maximum absolute atomic E-state index is 12.7. The van der Waals surface area contributed by atoms with Crippen LogP contribution < -0.4 is 5.32 Å². The maximum atomic E-state index is 12.7. The first kappa shape index (κ1) is 16.8. The molecule has 1 N–H and O–H groups in total. The van der Waals surface area contributed by atoms with Gasteiger partial charge in [0, 0.05) is 50.3 Å². The smallest absolute Gasteiger partial charge is 0.272 e. The summed E-state index contributed by atoms with van der Waals surface area (Å²) in [4.78, 5) is 27.2. The van der Waals surface area contributed by atoms with Gasteiger partial charge in [0.15, 0.2) is 5.69 Å². The van der Waals surface area contributed by atoms with Gasteiger partial charge in [-0.1, -0.05) is 36.8 Å². The van der Waals surface area contributed by atoms with Crippen molar-refractivity contribution in [3.8, 4) is 0 Å². The summed E-state index contributed by atoms with van der Waals surface area (Å²) in [5.41, 5.74) is 3.46. The van der Waals surface area contributed by atoms with Crippen LogP contribution in [-0.2, 0) is 31.4 Å². The number of aromatic nitrogens is 2. The van der Waals surface area contributed by atoms with Gasteiger partial charge >= 0.3 is 0 Å². The highest BCUT2D eigenvalue weighted by molar-refractivity contribution is 5.94. The van der Waals surface area contributed by atoms with Crippen LogP contribution >= 0.6 is 0 Å². The number of carbonyl (C=O) groups is 2. The Balaban J connectivity index is 1.49. The van der Waals surface area contributed by atoms with Crippen LogP contribution in [0.5, 0.6) is 0 Å². The highest BCUT2D eigenvalue weighted by Gasteiger charge is 2.34. The third kappa shape index (κ3) is 3.11. The van der Waals surface area contributed by atoms with Gasteiger partial charge in [0.1, 0.15) is 0 Å². The fraction of sp³-hybridized carbons (Fsp3) is 0.450. The molecule has 1 aromatic heterocycles. The molecule has 2 heterocycles. The van der Waals surface area contributed by atoms with Crippen molar-refractivity contribution in [1.82, 2.24) is 20.0 Å². The number of nitrogens with zero attached hydrogens (tertiary/aromatic N) is 3. The highest BCUT2D eigenvalue weighted by Crippen LogP contribution is 2.31. The minimum absolute atomic E-state index is 0.177. The van der Waals surface area contributed by atoms with Crippen LogP contribution in [0.1, 0.15) is 46.6 Å². The van der Waals surface area contributed by atoms with Gasteiger partial charge in [-0.15, -0.1) is 0 Å². The zero-order valence-corrected chi connectivity index (χ0v) is 15.1. The summed E-state index contributed by atoms with van der Waals surface area (Å²) in [5, 5.41) is 7.39. The van der Waals surface area contributed by atoms with Gasteiger partial charge in [0.25, 0.3) is 5.91 Å². The van der Waals surface area contributed by atoms with Gasteiger partial charge < -0.3 is 10.2 Å². The molecule has 1 saturated carbocycles. The first-order chi connectivity index (χ1) is 12.6. The molecule has 1 aromatic carbocycles. The number of aryl methyl sites for hydroxylation is 1. The number of fused-ring (bicyclic) bond motifs is 1. The summed E-state index contributed by atoms with van der Waals surface area (Å²) in [6.45, 7) is 1.68. The van der Waals surface area contributed by atoms with E-state index in [1.807, 2.05) is 42.3 Å². The van der Waals surface area contributed by atoms with E-state index in [1.165, 1.54) is 0 Å². The van der Waals surface area contributed by atoms with Gasteiger partial charge in [-0.3, -0.25) is 14.3 Å². The summed E-state index contributed by atoms with van der Waals surface area (Å²) in [6, 6.07) is 9.82. The number of hydrogen-bond donors (Lipinski definition) is 1. The first-order valence-corrected chi connectivity index (χ1v) is 9.29. The highest BCUT2D eigenvalue weighted by atomic mass is 16.2. The molecule has 2 aromatic rings. The van der Waals surface area contributed by atoms with Crippen LogP contribution in [0.15, 0.2) is 30.3 Å². The molecule has 0 spiro atoms. The Hall–Kier alpha value is -2.63. The van der Waals surface area contributed by atoms with E-state index >= 15 is 0 Å². The molecule has 2 amide bonds. The Morgan fingerprint density at radius 1 is 1.23 bits per heavy atom. The summed E-state index contributed by atoms with van der Waals surface area (Å²) >= 11 is 0. The summed E-state index contributed by atoms with van der Waals surface area (Å²) in [7, 11) is 1.87. The van der Waals surface area contributed by atoms with Crippen molar-refractivity contribution < 1.29 is 9.59 Å². The van der Waals surface area contributed by atoms with Crippen LogP contribution in [0.2, 0.25) is 0 Å². The number of hydrogen-bond acceptors (Lipinski definition) is 3. The van der Waals surface area contributed by atoms with Crippen molar-refractivity contribution in [1.29, 1.82) is 0 Å². The van der Waals surface area contributed by atoms with Crippen molar-refractivity contribution in [3.63, 3.8) is 0 Å². The van der Waals surface area contributed by atoms with Crippen LogP contribution in [0, 0.1) is 5.92 Å². The lowest BCUT2D eigenvalue weighted by atomic mass is 9.84. The molecular formula is C20H24N4O2. The number of rotatable bonds is 4. The van der Waals surface area contributed by atoms with Gasteiger partial charge in [0.05, 0.1) is 0 Å². The zero-order chi connectivity index (χ0) is 18.1. The van der Waals surface area contributed by atoms with Crippen molar-refractivity contribution in [3.05, 3.63) is 52.8 Å². The second kappa shape index (κ2) is 6.94. The molecule has 0 bridgehead atoms. The van der Waals surface area contributed by atoms with E-state index in [-0.39, 0.29) is 17.7 Å². The molecule has 0 radical (unpaired) electrons. The Kier molecular flexibility index (Phi) is 4.49. The van der Waals surface area contributed by atoms with Crippen molar-refractivity contribution in [2.24, 2.45) is 13.0 Å². The van der Waals surface area contributed by atoms with Crippen molar-refractivity contribution >= 4 is 11.8 Å². The van der Waals surface area contributed by atoms with E-state index < -0.39 is 0 Å². The predicted octanol–water partition coefficient (Wildman–Crippen LogP) is 2.03. The van der Waals surface area contributed by atoms with Crippen LogP contribution in [0.3, 0.4) is 0 Å². The topological polar surface area (TPSA) is 67.2 Å². The lowest BCUT2D eigenvalue weighted by Gasteiger charge is -2.34. The van der Waals surface area contributed by atoms with E-state index in [0.29, 0.717) is 25.3 Å². The number of amides is 2. The van der Waals surface area contributed by atoms with Crippen molar-refractivity contribution in [2.75, 3.05) is 6.54 Å². The van der Waals surface area contributed by atoms with Gasteiger partial charge in [-0.05, 0) is 18.4 Å². The number of carbonyl (C=O) groups excluding carboxylic acids is 2. The molecule has 26 heavy (non-hydrogen) atoms. The molecule has 0 saturated heterocycles. The van der Waals surface area contributed by atoms with Crippen LogP contribution in [0.4, 0.5) is 0 Å². The maximum Gasteiger partial charge on any atom is 0.272 e. The van der Waals surface area contributed by atoms with E-state index in [9.17, 15) is 9.59 Å². The summed E-state index contributed by atoms with van der Waals surface area (Å²) in [6.07, 6.45) is 3.90. The van der Waals surface area contributed by atoms with Crippen molar-refractivity contribution in [2.45, 2.75) is 38.8 Å². The van der Waals surface area contributed by atoms with Gasteiger partial charge in [0.2, 0.25) is 5.91 Å². The Bertz CT molecular complexity index is 824.